The van der Waals surface area contributed by atoms with E-state index in [0.717, 1.165) is 4.88 Å². The van der Waals surface area contributed by atoms with Crippen LogP contribution in [0.4, 0.5) is 0 Å². The number of methoxy groups -OCH3 is 1. The molecule has 0 saturated carbocycles. The van der Waals surface area contributed by atoms with Crippen molar-refractivity contribution in [3.63, 3.8) is 0 Å². The van der Waals surface area contributed by atoms with E-state index in [4.69, 9.17) is 18.9 Å². The lowest BCUT2D eigenvalue weighted by molar-refractivity contribution is 0.0593. The minimum atomic E-state index is -0.574. The summed E-state index contributed by atoms with van der Waals surface area (Å²) in [5.74, 6) is 0.583. The Bertz CT molecular complexity index is 1320. The van der Waals surface area contributed by atoms with Gasteiger partial charge < -0.3 is 28.4 Å². The molecule has 0 bridgehead atoms. The van der Waals surface area contributed by atoms with Crippen LogP contribution in [0.3, 0.4) is 0 Å². The van der Waals surface area contributed by atoms with E-state index in [1.54, 1.807) is 34.4 Å². The van der Waals surface area contributed by atoms with Crippen LogP contribution in [0, 0.1) is 0 Å². The zero-order valence-corrected chi connectivity index (χ0v) is 20.0. The van der Waals surface area contributed by atoms with Gasteiger partial charge in [0.2, 0.25) is 6.79 Å². The number of esters is 1. The topological polar surface area (TPSA) is 96.3 Å². The first-order valence-corrected chi connectivity index (χ1v) is 12.1. The molecule has 2 aliphatic heterocycles. The molecule has 0 atom stereocenters. The van der Waals surface area contributed by atoms with Gasteiger partial charge in [-0.05, 0) is 29.6 Å². The molecule has 4 heterocycles. The second-order valence-corrected chi connectivity index (χ2v) is 9.13. The van der Waals surface area contributed by atoms with Crippen molar-refractivity contribution < 1.29 is 28.5 Å². The summed E-state index contributed by atoms with van der Waals surface area (Å²) in [6.45, 7) is 1.35. The lowest BCUT2D eigenvalue weighted by Gasteiger charge is -2.20. The fourth-order valence-electron chi connectivity index (χ4n) is 4.32. The summed E-state index contributed by atoms with van der Waals surface area (Å²) in [5, 5.41) is 1.99. The zero-order valence-electron chi connectivity index (χ0n) is 19.2. The number of nitrogens with zero attached hydrogens (tertiary/aromatic N) is 2. The molecule has 0 unspecified atom stereocenters. The maximum atomic E-state index is 13.2. The second kappa shape index (κ2) is 9.83. The second-order valence-electron chi connectivity index (χ2n) is 8.10. The van der Waals surface area contributed by atoms with Crippen LogP contribution in [-0.4, -0.2) is 54.9 Å². The van der Waals surface area contributed by atoms with Crippen molar-refractivity contribution in [2.45, 2.75) is 19.4 Å². The highest BCUT2D eigenvalue weighted by Gasteiger charge is 2.28. The van der Waals surface area contributed by atoms with Crippen molar-refractivity contribution in [2.24, 2.45) is 0 Å². The van der Waals surface area contributed by atoms with Gasteiger partial charge in [0.05, 0.1) is 13.7 Å². The Morgan fingerprint density at radius 3 is 2.74 bits per heavy atom. The lowest BCUT2D eigenvalue weighted by atomic mass is 10.1. The molecule has 9 nitrogen and oxygen atoms in total. The maximum absolute atomic E-state index is 13.2. The highest BCUT2D eigenvalue weighted by molar-refractivity contribution is 7.09. The van der Waals surface area contributed by atoms with E-state index < -0.39 is 5.97 Å². The predicted octanol–water partition coefficient (Wildman–Crippen LogP) is 2.75. The summed E-state index contributed by atoms with van der Waals surface area (Å²) in [7, 11) is 1.30. The van der Waals surface area contributed by atoms with Crippen molar-refractivity contribution in [3.05, 3.63) is 73.8 Å². The third-order valence-electron chi connectivity index (χ3n) is 6.08. The first kappa shape index (κ1) is 23.0. The summed E-state index contributed by atoms with van der Waals surface area (Å²) in [4.78, 5) is 41.7. The third kappa shape index (κ3) is 4.61. The molecule has 1 amide bonds. The SMILES string of the molecule is COC(=O)c1c(OCCc2cccs2)cc(=O)n2c1CCN(C(=O)c1ccc3c(c1)OCO3)CC2. The predicted molar refractivity (Wildman–Crippen MR) is 128 cm³/mol. The number of thiophene rings is 1. The molecule has 0 radical (unpaired) electrons. The van der Waals surface area contributed by atoms with E-state index in [-0.39, 0.29) is 36.1 Å². The van der Waals surface area contributed by atoms with Gasteiger partial charge in [-0.2, -0.15) is 0 Å². The van der Waals surface area contributed by atoms with Gasteiger partial charge in [0.1, 0.15) is 11.3 Å². The largest absolute Gasteiger partial charge is 0.492 e. The standard InChI is InChI=1S/C25H24N2O7S/c1-31-25(30)23-18-6-8-26(24(29)16-4-5-19-20(13-16)34-15-33-19)9-10-27(18)22(28)14-21(23)32-11-7-17-3-2-12-35-17/h2-5,12-14H,6-11,15H2,1H3. The number of benzene rings is 1. The number of hydrogen-bond acceptors (Lipinski definition) is 8. The average Bonchev–Trinajstić information content (AvgIpc) is 3.51. The van der Waals surface area contributed by atoms with Gasteiger partial charge in [-0.3, -0.25) is 9.59 Å². The number of carbonyl (C=O) groups excluding carboxylic acids is 2. The summed E-state index contributed by atoms with van der Waals surface area (Å²) >= 11 is 1.62. The van der Waals surface area contributed by atoms with E-state index in [0.29, 0.717) is 55.3 Å². The van der Waals surface area contributed by atoms with E-state index in [9.17, 15) is 14.4 Å². The molecule has 0 aliphatic carbocycles. The molecular weight excluding hydrogens is 472 g/mol. The molecule has 10 heteroatoms. The number of hydrogen-bond donors (Lipinski definition) is 0. The van der Waals surface area contributed by atoms with Crippen molar-refractivity contribution >= 4 is 23.2 Å². The Hall–Kier alpha value is -3.79. The molecule has 0 fully saturated rings. The average molecular weight is 497 g/mol. The number of rotatable bonds is 6. The van der Waals surface area contributed by atoms with E-state index in [2.05, 4.69) is 0 Å². The Labute approximate surface area is 205 Å². The van der Waals surface area contributed by atoms with Crippen LogP contribution >= 0.6 is 11.3 Å². The van der Waals surface area contributed by atoms with Crippen LogP contribution in [0.2, 0.25) is 0 Å². The first-order chi connectivity index (χ1) is 17.0. The van der Waals surface area contributed by atoms with Crippen LogP contribution < -0.4 is 19.8 Å². The molecule has 0 spiro atoms. The number of amides is 1. The molecule has 35 heavy (non-hydrogen) atoms. The van der Waals surface area contributed by atoms with Crippen LogP contribution in [-0.2, 0) is 24.1 Å². The Morgan fingerprint density at radius 2 is 1.94 bits per heavy atom. The summed E-state index contributed by atoms with van der Waals surface area (Å²) in [6, 6.07) is 10.4. The van der Waals surface area contributed by atoms with Crippen LogP contribution in [0.15, 0.2) is 46.6 Å². The van der Waals surface area contributed by atoms with Crippen molar-refractivity contribution in [1.82, 2.24) is 9.47 Å². The van der Waals surface area contributed by atoms with Crippen LogP contribution in [0.5, 0.6) is 17.2 Å². The first-order valence-electron chi connectivity index (χ1n) is 11.2. The fraction of sp³-hybridized carbons (Fsp3) is 0.320. The Balaban J connectivity index is 1.39. The summed E-state index contributed by atoms with van der Waals surface area (Å²) in [5.41, 5.74) is 0.932. The highest BCUT2D eigenvalue weighted by Crippen LogP contribution is 2.33. The van der Waals surface area contributed by atoms with Gasteiger partial charge in [0.15, 0.2) is 11.5 Å². The minimum absolute atomic E-state index is 0.128. The van der Waals surface area contributed by atoms with Gasteiger partial charge in [-0.1, -0.05) is 6.07 Å². The molecular formula is C25H24N2O7S. The molecule has 2 aliphatic rings. The fourth-order valence-corrected chi connectivity index (χ4v) is 5.01. The van der Waals surface area contributed by atoms with Crippen molar-refractivity contribution in [2.75, 3.05) is 33.6 Å². The number of pyridine rings is 1. The quantitative estimate of drug-likeness (QED) is 0.484. The van der Waals surface area contributed by atoms with Crippen molar-refractivity contribution in [3.8, 4) is 17.2 Å². The number of ether oxygens (including phenoxy) is 4. The lowest BCUT2D eigenvalue weighted by Crippen LogP contribution is -2.34. The van der Waals surface area contributed by atoms with Gasteiger partial charge in [-0.25, -0.2) is 4.79 Å². The van der Waals surface area contributed by atoms with Gasteiger partial charge >= 0.3 is 5.97 Å². The van der Waals surface area contributed by atoms with Gasteiger partial charge in [0.25, 0.3) is 11.5 Å². The minimum Gasteiger partial charge on any atom is -0.492 e. The summed E-state index contributed by atoms with van der Waals surface area (Å²) < 4.78 is 23.2. The van der Waals surface area contributed by atoms with Crippen molar-refractivity contribution in [1.29, 1.82) is 0 Å². The number of aromatic nitrogens is 1. The maximum Gasteiger partial charge on any atom is 0.343 e. The van der Waals surface area contributed by atoms with Gasteiger partial charge in [-0.15, -0.1) is 11.3 Å². The Kier molecular flexibility index (Phi) is 6.45. The molecule has 3 aromatic rings. The third-order valence-corrected chi connectivity index (χ3v) is 7.01. The van der Waals surface area contributed by atoms with E-state index >= 15 is 0 Å². The number of carbonyl (C=O) groups is 2. The zero-order chi connectivity index (χ0) is 24.4. The molecule has 1 aromatic carbocycles. The monoisotopic (exact) mass is 496 g/mol. The Morgan fingerprint density at radius 1 is 1.09 bits per heavy atom. The molecule has 182 valence electrons. The molecule has 5 rings (SSSR count). The normalized spacial score (nSPS) is 14.3. The molecule has 2 aromatic heterocycles. The van der Waals surface area contributed by atoms with E-state index in [1.807, 2.05) is 17.5 Å². The highest BCUT2D eigenvalue weighted by atomic mass is 32.1. The molecule has 0 saturated heterocycles. The van der Waals surface area contributed by atoms with E-state index in [1.165, 1.54) is 17.7 Å². The van der Waals surface area contributed by atoms with Crippen LogP contribution in [0.1, 0.15) is 31.3 Å². The number of fused-ring (bicyclic) bond motifs is 2. The smallest absolute Gasteiger partial charge is 0.343 e. The van der Waals surface area contributed by atoms with Gasteiger partial charge in [0, 0.05) is 54.7 Å². The molecule has 0 N–H and O–H groups in total. The van der Waals surface area contributed by atoms with Crippen LogP contribution in [0.25, 0.3) is 0 Å². The summed E-state index contributed by atoms with van der Waals surface area (Å²) in [6.07, 6.45) is 0.965.